The van der Waals surface area contributed by atoms with E-state index in [0.29, 0.717) is 0 Å². The SMILES string of the molecule is Cc1ccc(S(=O)(=O)NC(=O)NNC(=O)C(C)Oc2cccc(C(F)(F)F)c2)cc1. The topological polar surface area (TPSA) is 114 Å². The Labute approximate surface area is 170 Å². The van der Waals surface area contributed by atoms with Crippen LogP contribution in [0.4, 0.5) is 18.0 Å². The van der Waals surface area contributed by atoms with E-state index in [-0.39, 0.29) is 10.6 Å². The fraction of sp³-hybridized carbons (Fsp3) is 0.222. The van der Waals surface area contributed by atoms with Crippen molar-refractivity contribution in [3.05, 3.63) is 59.7 Å². The third-order valence-corrected chi connectivity index (χ3v) is 5.05. The zero-order valence-corrected chi connectivity index (χ0v) is 16.6. The molecule has 30 heavy (non-hydrogen) atoms. The van der Waals surface area contributed by atoms with E-state index in [2.05, 4.69) is 0 Å². The molecular formula is C18H18F3N3O5S. The Morgan fingerprint density at radius 2 is 1.67 bits per heavy atom. The minimum Gasteiger partial charge on any atom is -0.481 e. The largest absolute Gasteiger partial charge is 0.481 e. The zero-order valence-electron chi connectivity index (χ0n) is 15.8. The number of rotatable bonds is 5. The molecule has 0 heterocycles. The minimum absolute atomic E-state index is 0.157. The van der Waals surface area contributed by atoms with Crippen molar-refractivity contribution in [3.63, 3.8) is 0 Å². The number of urea groups is 1. The molecule has 2 aromatic carbocycles. The molecule has 162 valence electrons. The number of halogens is 3. The molecule has 0 spiro atoms. The number of hydrazine groups is 1. The second-order valence-electron chi connectivity index (χ2n) is 6.15. The van der Waals surface area contributed by atoms with E-state index in [9.17, 15) is 31.2 Å². The highest BCUT2D eigenvalue weighted by atomic mass is 32.2. The van der Waals surface area contributed by atoms with Gasteiger partial charge in [0.2, 0.25) is 0 Å². The predicted octanol–water partition coefficient (Wildman–Crippen LogP) is 2.50. The number of sulfonamides is 1. The van der Waals surface area contributed by atoms with Crippen molar-refractivity contribution in [1.82, 2.24) is 15.6 Å². The quantitative estimate of drug-likeness (QED) is 0.612. The van der Waals surface area contributed by atoms with Gasteiger partial charge < -0.3 is 4.74 Å². The second kappa shape index (κ2) is 9.03. The van der Waals surface area contributed by atoms with Crippen LogP contribution in [0.25, 0.3) is 0 Å². The number of carbonyl (C=O) groups excluding carboxylic acids is 2. The van der Waals surface area contributed by atoms with Crippen LogP contribution in [-0.2, 0) is 21.0 Å². The van der Waals surface area contributed by atoms with Gasteiger partial charge in [0, 0.05) is 0 Å². The van der Waals surface area contributed by atoms with Gasteiger partial charge >= 0.3 is 12.2 Å². The van der Waals surface area contributed by atoms with Gasteiger partial charge in [-0.3, -0.25) is 10.2 Å². The van der Waals surface area contributed by atoms with E-state index in [1.807, 2.05) is 10.9 Å². The number of hydrogen-bond donors (Lipinski definition) is 3. The van der Waals surface area contributed by atoms with Crippen molar-refractivity contribution in [2.24, 2.45) is 0 Å². The first-order chi connectivity index (χ1) is 13.9. The summed E-state index contributed by atoms with van der Waals surface area (Å²) in [7, 11) is -4.16. The first kappa shape index (κ1) is 23.0. The van der Waals surface area contributed by atoms with E-state index in [1.54, 1.807) is 23.8 Å². The minimum atomic E-state index is -4.58. The second-order valence-corrected chi connectivity index (χ2v) is 7.83. The lowest BCUT2D eigenvalue weighted by atomic mass is 10.2. The third-order valence-electron chi connectivity index (χ3n) is 3.70. The maximum atomic E-state index is 12.7. The first-order valence-electron chi connectivity index (χ1n) is 8.42. The van der Waals surface area contributed by atoms with Crippen molar-refractivity contribution in [2.45, 2.75) is 31.0 Å². The first-order valence-corrected chi connectivity index (χ1v) is 9.90. The number of nitrogens with one attached hydrogen (secondary N) is 3. The van der Waals surface area contributed by atoms with Gasteiger partial charge in [-0.25, -0.2) is 23.4 Å². The predicted molar refractivity (Wildman–Crippen MR) is 99.7 cm³/mol. The van der Waals surface area contributed by atoms with Crippen LogP contribution < -0.4 is 20.3 Å². The average Bonchev–Trinajstić information content (AvgIpc) is 2.65. The van der Waals surface area contributed by atoms with E-state index in [4.69, 9.17) is 4.74 Å². The Kier molecular flexibility index (Phi) is 6.92. The lowest BCUT2D eigenvalue weighted by molar-refractivity contribution is -0.137. The van der Waals surface area contributed by atoms with Crippen LogP contribution in [0.15, 0.2) is 53.4 Å². The van der Waals surface area contributed by atoms with E-state index in [0.717, 1.165) is 23.8 Å². The molecule has 12 heteroatoms. The summed E-state index contributed by atoms with van der Waals surface area (Å²) in [5, 5.41) is 0. The van der Waals surface area contributed by atoms with Crippen LogP contribution in [0.5, 0.6) is 5.75 Å². The van der Waals surface area contributed by atoms with Gasteiger partial charge in [-0.2, -0.15) is 13.2 Å². The summed E-state index contributed by atoms with van der Waals surface area (Å²) < 4.78 is 69.1. The summed E-state index contributed by atoms with van der Waals surface area (Å²) in [5.74, 6) is -1.13. The molecule has 0 aromatic heterocycles. The van der Waals surface area contributed by atoms with Gasteiger partial charge in [-0.15, -0.1) is 0 Å². The van der Waals surface area contributed by atoms with Gasteiger partial charge in [0.1, 0.15) is 5.75 Å². The molecule has 2 aromatic rings. The van der Waals surface area contributed by atoms with Gasteiger partial charge in [-0.05, 0) is 44.2 Å². The fourth-order valence-electron chi connectivity index (χ4n) is 2.15. The number of benzene rings is 2. The molecule has 0 bridgehead atoms. The number of ether oxygens (including phenoxy) is 1. The number of amides is 3. The standard InChI is InChI=1S/C18H18F3N3O5S/c1-11-6-8-15(9-7-11)30(27,28)24-17(26)23-22-16(25)12(2)29-14-5-3-4-13(10-14)18(19,20)21/h3-10,12H,1-2H3,(H,22,25)(H2,23,24,26). The molecule has 0 aliphatic heterocycles. The Morgan fingerprint density at radius 3 is 2.27 bits per heavy atom. The Morgan fingerprint density at radius 1 is 1.03 bits per heavy atom. The molecule has 0 radical (unpaired) electrons. The van der Waals surface area contributed by atoms with Crippen LogP contribution in [-0.4, -0.2) is 26.5 Å². The monoisotopic (exact) mass is 445 g/mol. The lowest BCUT2D eigenvalue weighted by Gasteiger charge is -2.16. The molecule has 1 atom stereocenters. The van der Waals surface area contributed by atoms with Crippen LogP contribution >= 0.6 is 0 Å². The summed E-state index contributed by atoms with van der Waals surface area (Å²) >= 11 is 0. The number of aryl methyl sites for hydroxylation is 1. The number of alkyl halides is 3. The van der Waals surface area contributed by atoms with Crippen molar-refractivity contribution >= 4 is 22.0 Å². The van der Waals surface area contributed by atoms with Crippen LogP contribution in [0.2, 0.25) is 0 Å². The Hall–Kier alpha value is -3.28. The third kappa shape index (κ3) is 6.37. The summed E-state index contributed by atoms with van der Waals surface area (Å²) in [6.45, 7) is 2.99. The van der Waals surface area contributed by atoms with E-state index in [1.165, 1.54) is 25.1 Å². The fourth-order valence-corrected chi connectivity index (χ4v) is 3.05. The summed E-state index contributed by atoms with van der Waals surface area (Å²) in [5.41, 5.74) is 3.62. The molecule has 0 fully saturated rings. The summed E-state index contributed by atoms with van der Waals surface area (Å²) in [6.07, 6.45) is -5.87. The molecule has 0 aliphatic carbocycles. The summed E-state index contributed by atoms with van der Waals surface area (Å²) in [6, 6.07) is 8.36. The maximum Gasteiger partial charge on any atom is 0.416 e. The molecule has 2 rings (SSSR count). The smallest absolute Gasteiger partial charge is 0.416 e. The molecule has 0 saturated heterocycles. The highest BCUT2D eigenvalue weighted by molar-refractivity contribution is 7.90. The Bertz CT molecular complexity index is 1020. The van der Waals surface area contributed by atoms with E-state index < -0.39 is 39.8 Å². The highest BCUT2D eigenvalue weighted by Gasteiger charge is 2.31. The highest BCUT2D eigenvalue weighted by Crippen LogP contribution is 2.31. The Balaban J connectivity index is 1.90. The van der Waals surface area contributed by atoms with Crippen LogP contribution in [0, 0.1) is 6.92 Å². The van der Waals surface area contributed by atoms with Crippen molar-refractivity contribution in [2.75, 3.05) is 0 Å². The van der Waals surface area contributed by atoms with Gasteiger partial charge in [0.15, 0.2) is 6.10 Å². The molecular weight excluding hydrogens is 427 g/mol. The number of carbonyl (C=O) groups is 2. The molecule has 0 saturated carbocycles. The summed E-state index contributed by atoms with van der Waals surface area (Å²) in [4.78, 5) is 23.6. The lowest BCUT2D eigenvalue weighted by Crippen LogP contribution is -2.51. The van der Waals surface area contributed by atoms with Crippen LogP contribution in [0.3, 0.4) is 0 Å². The van der Waals surface area contributed by atoms with E-state index >= 15 is 0 Å². The van der Waals surface area contributed by atoms with Crippen molar-refractivity contribution < 1.29 is 35.9 Å². The van der Waals surface area contributed by atoms with Gasteiger partial charge in [0.05, 0.1) is 10.5 Å². The average molecular weight is 445 g/mol. The van der Waals surface area contributed by atoms with Gasteiger partial charge in [0.25, 0.3) is 15.9 Å². The molecule has 0 aliphatic rings. The molecule has 3 amide bonds. The zero-order chi connectivity index (χ0) is 22.5. The number of hydrogen-bond acceptors (Lipinski definition) is 5. The van der Waals surface area contributed by atoms with Crippen molar-refractivity contribution in [1.29, 1.82) is 0 Å². The normalized spacial score (nSPS) is 12.6. The van der Waals surface area contributed by atoms with Gasteiger partial charge in [-0.1, -0.05) is 23.8 Å². The van der Waals surface area contributed by atoms with Crippen LogP contribution in [0.1, 0.15) is 18.1 Å². The van der Waals surface area contributed by atoms with Crippen molar-refractivity contribution in [3.8, 4) is 5.75 Å². The molecule has 3 N–H and O–H groups in total. The molecule has 8 nitrogen and oxygen atoms in total. The maximum absolute atomic E-state index is 12.7. The molecule has 1 unspecified atom stereocenters.